The fraction of sp³-hybridized carbons (Fsp3) is 0.182. The van der Waals surface area contributed by atoms with Crippen LogP contribution >= 0.6 is 11.6 Å². The molecule has 3 aromatic rings. The van der Waals surface area contributed by atoms with E-state index in [1.807, 2.05) is 13.8 Å². The second-order valence-electron chi connectivity index (χ2n) is 6.80. The number of furan rings is 1. The van der Waals surface area contributed by atoms with Gasteiger partial charge in [-0.15, -0.1) is 0 Å². The minimum atomic E-state index is -0.644. The van der Waals surface area contributed by atoms with Crippen molar-refractivity contribution in [2.24, 2.45) is 0 Å². The first-order chi connectivity index (χ1) is 14.2. The van der Waals surface area contributed by atoms with Crippen LogP contribution in [-0.4, -0.2) is 17.9 Å². The van der Waals surface area contributed by atoms with E-state index in [1.54, 1.807) is 19.1 Å². The average Bonchev–Trinajstić information content (AvgIpc) is 3.11. The van der Waals surface area contributed by atoms with E-state index >= 15 is 0 Å². The number of nitrogens with one attached hydrogen (secondary N) is 2. The van der Waals surface area contributed by atoms with E-state index in [9.17, 15) is 14.0 Å². The molecule has 0 aliphatic carbocycles. The molecule has 0 spiro atoms. The van der Waals surface area contributed by atoms with Crippen LogP contribution in [0.4, 0.5) is 15.8 Å². The summed E-state index contributed by atoms with van der Waals surface area (Å²) in [6, 6.07) is 10.1. The van der Waals surface area contributed by atoms with Crippen LogP contribution in [0.1, 0.15) is 40.3 Å². The summed E-state index contributed by atoms with van der Waals surface area (Å²) in [5.74, 6) is -0.864. The molecule has 3 rings (SSSR count). The van der Waals surface area contributed by atoms with Crippen LogP contribution in [0.15, 0.2) is 53.1 Å². The van der Waals surface area contributed by atoms with E-state index in [2.05, 4.69) is 10.6 Å². The van der Waals surface area contributed by atoms with Crippen molar-refractivity contribution in [3.63, 3.8) is 0 Å². The Balaban J connectivity index is 1.82. The highest BCUT2D eigenvalue weighted by atomic mass is 35.5. The largest absolute Gasteiger partial charge is 0.490 e. The number of hydrogen-bond donors (Lipinski definition) is 2. The van der Waals surface area contributed by atoms with E-state index in [0.717, 1.165) is 6.07 Å². The number of ether oxygens (including phenoxy) is 1. The molecule has 156 valence electrons. The highest BCUT2D eigenvalue weighted by Gasteiger charge is 2.17. The maximum absolute atomic E-state index is 14.2. The lowest BCUT2D eigenvalue weighted by Crippen LogP contribution is -2.17. The molecule has 0 unspecified atom stereocenters. The summed E-state index contributed by atoms with van der Waals surface area (Å²) in [5.41, 5.74) is 0.734. The van der Waals surface area contributed by atoms with Gasteiger partial charge in [0.2, 0.25) is 0 Å². The Morgan fingerprint density at radius 3 is 2.43 bits per heavy atom. The predicted molar refractivity (Wildman–Crippen MR) is 113 cm³/mol. The Morgan fingerprint density at radius 2 is 1.77 bits per heavy atom. The standard InChI is InChI=1S/C22H20ClFN2O4/c1-12(2)30-20-7-4-14(23)10-17(20)22(28)25-15-5-6-18(24)19(11-15)26-21(27)16-8-9-29-13(16)3/h4-12H,1-3H3,(H,25,28)(H,26,27). The summed E-state index contributed by atoms with van der Waals surface area (Å²) in [4.78, 5) is 25.1. The van der Waals surface area contributed by atoms with E-state index in [-0.39, 0.29) is 23.0 Å². The minimum absolute atomic E-state index is 0.0804. The van der Waals surface area contributed by atoms with E-state index in [0.29, 0.717) is 22.1 Å². The van der Waals surface area contributed by atoms with Crippen LogP contribution in [0.5, 0.6) is 5.75 Å². The number of carbonyl (C=O) groups is 2. The van der Waals surface area contributed by atoms with Crippen LogP contribution in [-0.2, 0) is 0 Å². The van der Waals surface area contributed by atoms with Crippen molar-refractivity contribution < 1.29 is 23.1 Å². The second kappa shape index (κ2) is 9.00. The average molecular weight is 431 g/mol. The van der Waals surface area contributed by atoms with Crippen molar-refractivity contribution in [1.29, 1.82) is 0 Å². The number of benzene rings is 2. The zero-order valence-corrected chi connectivity index (χ0v) is 17.3. The molecule has 6 nitrogen and oxygen atoms in total. The van der Waals surface area contributed by atoms with Gasteiger partial charge >= 0.3 is 0 Å². The van der Waals surface area contributed by atoms with Crippen molar-refractivity contribution in [2.75, 3.05) is 10.6 Å². The summed E-state index contributed by atoms with van der Waals surface area (Å²) in [5, 5.41) is 5.53. The smallest absolute Gasteiger partial charge is 0.259 e. The topological polar surface area (TPSA) is 80.6 Å². The van der Waals surface area contributed by atoms with Crippen LogP contribution in [0.2, 0.25) is 5.02 Å². The number of halogens is 2. The van der Waals surface area contributed by atoms with E-state index < -0.39 is 17.6 Å². The molecule has 0 radical (unpaired) electrons. The van der Waals surface area contributed by atoms with Crippen LogP contribution in [0.25, 0.3) is 0 Å². The Hall–Kier alpha value is -3.32. The van der Waals surface area contributed by atoms with Gasteiger partial charge in [0.1, 0.15) is 17.3 Å². The molecule has 0 saturated carbocycles. The number of rotatable bonds is 6. The molecule has 1 aromatic heterocycles. The third-order valence-electron chi connectivity index (χ3n) is 4.12. The Kier molecular flexibility index (Phi) is 6.42. The third-order valence-corrected chi connectivity index (χ3v) is 4.36. The molecule has 2 N–H and O–H groups in total. The molecule has 30 heavy (non-hydrogen) atoms. The van der Waals surface area contributed by atoms with Gasteiger partial charge in [-0.05, 0) is 63.2 Å². The maximum atomic E-state index is 14.2. The molecule has 0 saturated heterocycles. The van der Waals surface area contributed by atoms with Gasteiger partial charge in [0.15, 0.2) is 0 Å². The Labute approximate surface area is 178 Å². The highest BCUT2D eigenvalue weighted by molar-refractivity contribution is 6.31. The van der Waals surface area contributed by atoms with Gasteiger partial charge in [0.05, 0.1) is 29.2 Å². The summed E-state index contributed by atoms with van der Waals surface area (Å²) in [6.45, 7) is 5.31. The molecular formula is C22H20ClFN2O4. The molecule has 0 bridgehead atoms. The normalized spacial score (nSPS) is 10.7. The molecule has 0 aliphatic rings. The first-order valence-electron chi connectivity index (χ1n) is 9.17. The fourth-order valence-corrected chi connectivity index (χ4v) is 2.92. The quantitative estimate of drug-likeness (QED) is 0.527. The molecule has 0 fully saturated rings. The molecule has 0 atom stereocenters. The van der Waals surface area contributed by atoms with Crippen molar-refractivity contribution in [3.8, 4) is 5.75 Å². The first kappa shape index (κ1) is 21.4. The van der Waals surface area contributed by atoms with Gasteiger partial charge in [-0.3, -0.25) is 9.59 Å². The summed E-state index contributed by atoms with van der Waals surface area (Å²) in [7, 11) is 0. The number of hydrogen-bond acceptors (Lipinski definition) is 4. The molecular weight excluding hydrogens is 411 g/mol. The van der Waals surface area contributed by atoms with Crippen molar-refractivity contribution in [2.45, 2.75) is 26.9 Å². The van der Waals surface area contributed by atoms with Gasteiger partial charge in [0, 0.05) is 10.7 Å². The lowest BCUT2D eigenvalue weighted by Gasteiger charge is -2.15. The van der Waals surface area contributed by atoms with Crippen LogP contribution in [0.3, 0.4) is 0 Å². The zero-order chi connectivity index (χ0) is 21.8. The van der Waals surface area contributed by atoms with Crippen LogP contribution in [0, 0.1) is 12.7 Å². The van der Waals surface area contributed by atoms with E-state index in [1.165, 1.54) is 30.5 Å². The first-order valence-corrected chi connectivity index (χ1v) is 9.55. The van der Waals surface area contributed by atoms with Gasteiger partial charge in [-0.25, -0.2) is 4.39 Å². The number of amides is 2. The molecule has 2 amide bonds. The predicted octanol–water partition coefficient (Wildman–Crippen LogP) is 5.67. The highest BCUT2D eigenvalue weighted by Crippen LogP contribution is 2.26. The van der Waals surface area contributed by atoms with Crippen molar-refractivity contribution in [3.05, 3.63) is 76.5 Å². The number of anilines is 2. The van der Waals surface area contributed by atoms with Crippen LogP contribution < -0.4 is 15.4 Å². The number of carbonyl (C=O) groups excluding carboxylic acids is 2. The lowest BCUT2D eigenvalue weighted by atomic mass is 10.1. The van der Waals surface area contributed by atoms with Gasteiger partial charge in [-0.2, -0.15) is 0 Å². The van der Waals surface area contributed by atoms with Crippen molar-refractivity contribution in [1.82, 2.24) is 0 Å². The number of aryl methyl sites for hydroxylation is 1. The summed E-state index contributed by atoms with van der Waals surface area (Å²) in [6.07, 6.45) is 1.23. The maximum Gasteiger partial charge on any atom is 0.259 e. The minimum Gasteiger partial charge on any atom is -0.490 e. The van der Waals surface area contributed by atoms with Gasteiger partial charge in [-0.1, -0.05) is 11.6 Å². The summed E-state index contributed by atoms with van der Waals surface area (Å²) < 4.78 is 25.0. The molecule has 8 heteroatoms. The molecule has 1 heterocycles. The molecule has 0 aliphatic heterocycles. The zero-order valence-electron chi connectivity index (χ0n) is 16.6. The van der Waals surface area contributed by atoms with Crippen molar-refractivity contribution >= 4 is 34.8 Å². The van der Waals surface area contributed by atoms with Gasteiger partial charge < -0.3 is 19.8 Å². The van der Waals surface area contributed by atoms with E-state index in [4.69, 9.17) is 20.8 Å². The fourth-order valence-electron chi connectivity index (χ4n) is 2.74. The third kappa shape index (κ3) is 4.99. The Bertz CT molecular complexity index is 1090. The monoisotopic (exact) mass is 430 g/mol. The SMILES string of the molecule is Cc1occc1C(=O)Nc1cc(NC(=O)c2cc(Cl)ccc2OC(C)C)ccc1F. The van der Waals surface area contributed by atoms with Gasteiger partial charge in [0.25, 0.3) is 11.8 Å². The second-order valence-corrected chi connectivity index (χ2v) is 7.24. The summed E-state index contributed by atoms with van der Waals surface area (Å²) >= 11 is 6.03. The lowest BCUT2D eigenvalue weighted by molar-refractivity contribution is 0.101. The molecule has 2 aromatic carbocycles. The Morgan fingerprint density at radius 1 is 1.03 bits per heavy atom.